The molecule has 0 aliphatic carbocycles. The zero-order valence-corrected chi connectivity index (χ0v) is 11.5. The van der Waals surface area contributed by atoms with Crippen molar-refractivity contribution in [2.45, 2.75) is 12.5 Å². The Morgan fingerprint density at radius 2 is 2.16 bits per heavy atom. The van der Waals surface area contributed by atoms with E-state index in [2.05, 4.69) is 39.6 Å². The Hall–Kier alpha value is -1.78. The second-order valence-corrected chi connectivity index (χ2v) is 5.41. The molecule has 3 aromatic rings. The fraction of sp³-hybridized carbons (Fsp3) is 0.200. The molecule has 2 aromatic heterocycles. The van der Waals surface area contributed by atoms with Gasteiger partial charge in [0.25, 0.3) is 0 Å². The van der Waals surface area contributed by atoms with E-state index in [9.17, 15) is 0 Å². The first kappa shape index (κ1) is 12.3. The predicted molar refractivity (Wildman–Crippen MR) is 79.4 cm³/mol. The Balaban J connectivity index is 2.01. The Morgan fingerprint density at radius 3 is 2.95 bits per heavy atom. The van der Waals surface area contributed by atoms with Crippen molar-refractivity contribution in [3.8, 4) is 0 Å². The molecule has 96 valence electrons. The molecular formula is C15H15N3S. The van der Waals surface area contributed by atoms with E-state index in [0.29, 0.717) is 0 Å². The molecule has 0 spiro atoms. The molecule has 19 heavy (non-hydrogen) atoms. The summed E-state index contributed by atoms with van der Waals surface area (Å²) in [5.74, 6) is 0. The number of rotatable bonds is 4. The van der Waals surface area contributed by atoms with Crippen molar-refractivity contribution >= 4 is 22.2 Å². The molecule has 0 bridgehead atoms. The van der Waals surface area contributed by atoms with Gasteiger partial charge in [0.05, 0.1) is 11.0 Å². The highest BCUT2D eigenvalue weighted by molar-refractivity contribution is 7.09. The van der Waals surface area contributed by atoms with E-state index >= 15 is 0 Å². The molecular weight excluding hydrogens is 254 g/mol. The van der Waals surface area contributed by atoms with Crippen molar-refractivity contribution in [2.24, 2.45) is 0 Å². The maximum Gasteiger partial charge on any atom is 0.0794 e. The van der Waals surface area contributed by atoms with E-state index in [4.69, 9.17) is 0 Å². The van der Waals surface area contributed by atoms with Crippen molar-refractivity contribution in [1.82, 2.24) is 15.3 Å². The van der Waals surface area contributed by atoms with Gasteiger partial charge in [0, 0.05) is 35.1 Å². The summed E-state index contributed by atoms with van der Waals surface area (Å²) in [7, 11) is 1.99. The number of fused-ring (bicyclic) bond motifs is 1. The lowest BCUT2D eigenvalue weighted by Crippen LogP contribution is -2.19. The first-order valence-electron chi connectivity index (χ1n) is 6.27. The molecule has 1 N–H and O–H groups in total. The van der Waals surface area contributed by atoms with Gasteiger partial charge >= 0.3 is 0 Å². The minimum atomic E-state index is 0.263. The summed E-state index contributed by atoms with van der Waals surface area (Å²) < 4.78 is 0. The molecule has 4 heteroatoms. The molecule has 2 heterocycles. The molecule has 0 aliphatic rings. The van der Waals surface area contributed by atoms with E-state index in [1.165, 1.54) is 15.8 Å². The van der Waals surface area contributed by atoms with Gasteiger partial charge < -0.3 is 5.32 Å². The van der Waals surface area contributed by atoms with Gasteiger partial charge in [-0.15, -0.1) is 11.3 Å². The SMILES string of the molecule is CNC(Cc1cncs1)c1cccc2cccnc12. The summed E-state index contributed by atoms with van der Waals surface area (Å²) in [6, 6.07) is 10.7. The average Bonchev–Trinajstić information content (AvgIpc) is 2.97. The lowest BCUT2D eigenvalue weighted by molar-refractivity contribution is 0.599. The van der Waals surface area contributed by atoms with Gasteiger partial charge in [0.15, 0.2) is 0 Å². The topological polar surface area (TPSA) is 37.8 Å². The number of pyridine rings is 1. The number of para-hydroxylation sites is 1. The molecule has 0 radical (unpaired) electrons. The second kappa shape index (κ2) is 5.47. The van der Waals surface area contributed by atoms with Gasteiger partial charge in [-0.3, -0.25) is 9.97 Å². The van der Waals surface area contributed by atoms with Crippen molar-refractivity contribution < 1.29 is 0 Å². The van der Waals surface area contributed by atoms with Crippen molar-refractivity contribution in [3.63, 3.8) is 0 Å². The highest BCUT2D eigenvalue weighted by Gasteiger charge is 2.14. The number of likely N-dealkylation sites (N-methyl/N-ethyl adjacent to an activating group) is 1. The molecule has 1 atom stereocenters. The van der Waals surface area contributed by atoms with Gasteiger partial charge in [0.1, 0.15) is 0 Å². The third kappa shape index (κ3) is 2.50. The monoisotopic (exact) mass is 269 g/mol. The summed E-state index contributed by atoms with van der Waals surface area (Å²) in [5.41, 5.74) is 4.20. The molecule has 0 saturated heterocycles. The van der Waals surface area contributed by atoms with Gasteiger partial charge in [-0.05, 0) is 18.7 Å². The molecule has 3 nitrogen and oxygen atoms in total. The number of thiazole rings is 1. The lowest BCUT2D eigenvalue weighted by Gasteiger charge is -2.17. The van der Waals surface area contributed by atoms with Crippen molar-refractivity contribution in [1.29, 1.82) is 0 Å². The van der Waals surface area contributed by atoms with Crippen LogP contribution in [0.2, 0.25) is 0 Å². The number of hydrogen-bond donors (Lipinski definition) is 1. The van der Waals surface area contributed by atoms with Crippen LogP contribution in [-0.4, -0.2) is 17.0 Å². The highest BCUT2D eigenvalue weighted by Crippen LogP contribution is 2.25. The van der Waals surface area contributed by atoms with E-state index < -0.39 is 0 Å². The Bertz CT molecular complexity index is 659. The quantitative estimate of drug-likeness (QED) is 0.790. The first-order valence-corrected chi connectivity index (χ1v) is 7.14. The van der Waals surface area contributed by atoms with Crippen LogP contribution in [0.5, 0.6) is 0 Å². The van der Waals surface area contributed by atoms with Crippen LogP contribution in [0.4, 0.5) is 0 Å². The highest BCUT2D eigenvalue weighted by atomic mass is 32.1. The Kier molecular flexibility index (Phi) is 3.53. The van der Waals surface area contributed by atoms with E-state index in [-0.39, 0.29) is 6.04 Å². The minimum absolute atomic E-state index is 0.263. The van der Waals surface area contributed by atoms with Crippen LogP contribution in [0.25, 0.3) is 10.9 Å². The fourth-order valence-electron chi connectivity index (χ4n) is 2.32. The number of nitrogens with one attached hydrogen (secondary N) is 1. The van der Waals surface area contributed by atoms with Gasteiger partial charge in [-0.2, -0.15) is 0 Å². The zero-order valence-electron chi connectivity index (χ0n) is 10.7. The van der Waals surface area contributed by atoms with Crippen molar-refractivity contribution in [2.75, 3.05) is 7.05 Å². The largest absolute Gasteiger partial charge is 0.313 e. The number of hydrogen-bond acceptors (Lipinski definition) is 4. The van der Waals surface area contributed by atoms with Gasteiger partial charge in [-0.1, -0.05) is 24.3 Å². The maximum absolute atomic E-state index is 4.53. The Labute approximate surface area is 116 Å². The predicted octanol–water partition coefficient (Wildman–Crippen LogP) is 3.19. The average molecular weight is 269 g/mol. The maximum atomic E-state index is 4.53. The summed E-state index contributed by atoms with van der Waals surface area (Å²) in [5, 5.41) is 4.57. The van der Waals surface area contributed by atoms with Crippen molar-refractivity contribution in [3.05, 3.63) is 58.7 Å². The third-order valence-corrected chi connectivity index (χ3v) is 4.08. The van der Waals surface area contributed by atoms with Crippen LogP contribution in [0.3, 0.4) is 0 Å². The number of benzene rings is 1. The van der Waals surface area contributed by atoms with Crippen LogP contribution in [0.1, 0.15) is 16.5 Å². The molecule has 1 unspecified atom stereocenters. The number of aromatic nitrogens is 2. The molecule has 0 aliphatic heterocycles. The molecule has 3 rings (SSSR count). The fourth-order valence-corrected chi connectivity index (χ4v) is 2.96. The van der Waals surface area contributed by atoms with E-state index in [1.54, 1.807) is 11.3 Å². The normalized spacial score (nSPS) is 12.7. The molecule has 1 aromatic carbocycles. The van der Waals surface area contributed by atoms with Crippen LogP contribution in [0.15, 0.2) is 48.2 Å². The van der Waals surface area contributed by atoms with Crippen LogP contribution in [0, 0.1) is 0 Å². The third-order valence-electron chi connectivity index (χ3n) is 3.28. The number of nitrogens with zero attached hydrogens (tertiary/aromatic N) is 2. The molecule has 0 fully saturated rings. The molecule has 0 amide bonds. The summed E-state index contributed by atoms with van der Waals surface area (Å²) in [6.45, 7) is 0. The summed E-state index contributed by atoms with van der Waals surface area (Å²) in [4.78, 5) is 9.95. The minimum Gasteiger partial charge on any atom is -0.313 e. The van der Waals surface area contributed by atoms with E-state index in [0.717, 1.165) is 11.9 Å². The van der Waals surface area contributed by atoms with Crippen LogP contribution in [-0.2, 0) is 6.42 Å². The smallest absolute Gasteiger partial charge is 0.0794 e. The van der Waals surface area contributed by atoms with Gasteiger partial charge in [0.2, 0.25) is 0 Å². The van der Waals surface area contributed by atoms with Gasteiger partial charge in [-0.25, -0.2) is 0 Å². The summed E-state index contributed by atoms with van der Waals surface area (Å²) >= 11 is 1.70. The first-order chi connectivity index (χ1) is 9.38. The van der Waals surface area contributed by atoms with Crippen LogP contribution >= 0.6 is 11.3 Å². The van der Waals surface area contributed by atoms with Crippen LogP contribution < -0.4 is 5.32 Å². The summed E-state index contributed by atoms with van der Waals surface area (Å²) in [6.07, 6.45) is 4.73. The lowest BCUT2D eigenvalue weighted by atomic mass is 10.00. The van der Waals surface area contributed by atoms with E-state index in [1.807, 2.05) is 31.0 Å². The Morgan fingerprint density at radius 1 is 1.26 bits per heavy atom. The second-order valence-electron chi connectivity index (χ2n) is 4.44. The standard InChI is InChI=1S/C15H15N3S/c1-16-14(8-12-9-17-10-19-12)13-6-2-4-11-5-3-7-18-15(11)13/h2-7,9-10,14,16H,8H2,1H3. The molecule has 0 saturated carbocycles. The zero-order chi connectivity index (χ0) is 13.1.